The Hall–Kier alpha value is -1.36. The van der Waals surface area contributed by atoms with Gasteiger partial charge in [-0.1, -0.05) is 59.1 Å². The molecule has 188 valence electrons. The van der Waals surface area contributed by atoms with Crippen LogP contribution < -0.4 is 4.74 Å². The lowest BCUT2D eigenvalue weighted by molar-refractivity contribution is 0.00767. The number of nitrogens with zero attached hydrogens (tertiary/aromatic N) is 2. The van der Waals surface area contributed by atoms with Crippen molar-refractivity contribution in [3.8, 4) is 5.75 Å². The van der Waals surface area contributed by atoms with Gasteiger partial charge in [0.2, 0.25) is 10.0 Å². The van der Waals surface area contributed by atoms with Crippen LogP contribution in [0.2, 0.25) is 13.7 Å². The number of halogens is 3. The molecular formula is C24H25Cl3N2O4S2. The number of thiophene rings is 1. The van der Waals surface area contributed by atoms with E-state index < -0.39 is 10.0 Å². The third-order valence-corrected chi connectivity index (χ3v) is 9.73. The van der Waals surface area contributed by atoms with Crippen LogP contribution in [0.15, 0.2) is 59.5 Å². The van der Waals surface area contributed by atoms with Crippen LogP contribution in [0.4, 0.5) is 0 Å². The highest BCUT2D eigenvalue weighted by atomic mass is 35.5. The third kappa shape index (κ3) is 6.70. The summed E-state index contributed by atoms with van der Waals surface area (Å²) in [5.74, 6) is 0.776. The lowest BCUT2D eigenvalue weighted by atomic mass is 10.1. The molecular weight excluding hydrogens is 551 g/mol. The minimum absolute atomic E-state index is 0.0725. The fraction of sp³-hybridized carbons (Fsp3) is 0.333. The van der Waals surface area contributed by atoms with Gasteiger partial charge in [-0.2, -0.15) is 4.31 Å². The van der Waals surface area contributed by atoms with Crippen LogP contribution in [0.1, 0.15) is 17.2 Å². The SMILES string of the molecule is COc1cccc(COC(CN2CCN(S(=O)(=O)c3cc(Cl)sc3Cl)CC2)c2ccc(Cl)cc2)c1. The van der Waals surface area contributed by atoms with Gasteiger partial charge in [-0.3, -0.25) is 4.90 Å². The number of hydrogen-bond donors (Lipinski definition) is 0. The molecule has 11 heteroatoms. The predicted molar refractivity (Wildman–Crippen MR) is 142 cm³/mol. The Morgan fingerprint density at radius 2 is 1.71 bits per heavy atom. The smallest absolute Gasteiger partial charge is 0.245 e. The topological polar surface area (TPSA) is 59.1 Å². The van der Waals surface area contributed by atoms with Crippen LogP contribution in [-0.2, 0) is 21.4 Å². The molecule has 0 N–H and O–H groups in total. The number of rotatable bonds is 9. The minimum Gasteiger partial charge on any atom is -0.497 e. The van der Waals surface area contributed by atoms with E-state index in [1.807, 2.05) is 48.5 Å². The largest absolute Gasteiger partial charge is 0.497 e. The van der Waals surface area contributed by atoms with Gasteiger partial charge in [0.15, 0.2) is 0 Å². The van der Waals surface area contributed by atoms with Gasteiger partial charge in [0.25, 0.3) is 0 Å². The van der Waals surface area contributed by atoms with Crippen LogP contribution in [0, 0.1) is 0 Å². The van der Waals surface area contributed by atoms with Crippen LogP contribution in [0.3, 0.4) is 0 Å². The maximum absolute atomic E-state index is 13.0. The molecule has 0 saturated carbocycles. The quantitative estimate of drug-likeness (QED) is 0.314. The highest BCUT2D eigenvalue weighted by Gasteiger charge is 2.32. The monoisotopic (exact) mass is 574 g/mol. The Morgan fingerprint density at radius 1 is 1.00 bits per heavy atom. The fourth-order valence-corrected chi connectivity index (χ4v) is 7.58. The number of hydrogen-bond acceptors (Lipinski definition) is 6. The summed E-state index contributed by atoms with van der Waals surface area (Å²) in [6.45, 7) is 2.88. The first-order chi connectivity index (χ1) is 16.8. The summed E-state index contributed by atoms with van der Waals surface area (Å²) in [5, 5.41) is 0.659. The van der Waals surface area contributed by atoms with Crippen molar-refractivity contribution in [1.82, 2.24) is 9.21 Å². The lowest BCUT2D eigenvalue weighted by Crippen LogP contribution is -2.49. The van der Waals surface area contributed by atoms with E-state index in [0.717, 1.165) is 28.2 Å². The van der Waals surface area contributed by atoms with Crippen molar-refractivity contribution in [1.29, 1.82) is 0 Å². The zero-order chi connectivity index (χ0) is 25.0. The molecule has 1 aromatic heterocycles. The molecule has 1 unspecified atom stereocenters. The molecule has 1 fully saturated rings. The van der Waals surface area contributed by atoms with Crippen molar-refractivity contribution in [2.75, 3.05) is 39.8 Å². The first-order valence-electron chi connectivity index (χ1n) is 10.9. The van der Waals surface area contributed by atoms with E-state index in [0.29, 0.717) is 48.7 Å². The van der Waals surface area contributed by atoms with Gasteiger partial charge in [-0.05, 0) is 41.5 Å². The van der Waals surface area contributed by atoms with Crippen molar-refractivity contribution < 1.29 is 17.9 Å². The fourth-order valence-electron chi connectivity index (χ4n) is 3.92. The van der Waals surface area contributed by atoms with Gasteiger partial charge in [0.05, 0.1) is 24.2 Å². The second kappa shape index (κ2) is 11.8. The van der Waals surface area contributed by atoms with Gasteiger partial charge >= 0.3 is 0 Å². The maximum atomic E-state index is 13.0. The van der Waals surface area contributed by atoms with Crippen LogP contribution in [-0.4, -0.2) is 57.5 Å². The Morgan fingerprint density at radius 3 is 2.34 bits per heavy atom. The molecule has 1 saturated heterocycles. The van der Waals surface area contributed by atoms with Gasteiger partial charge in [-0.15, -0.1) is 11.3 Å². The number of piperazine rings is 1. The van der Waals surface area contributed by atoms with Gasteiger partial charge in [0, 0.05) is 37.7 Å². The zero-order valence-electron chi connectivity index (χ0n) is 19.0. The van der Waals surface area contributed by atoms with Gasteiger partial charge < -0.3 is 9.47 Å². The molecule has 2 aromatic carbocycles. The molecule has 1 aliphatic heterocycles. The normalized spacial score (nSPS) is 16.3. The predicted octanol–water partition coefficient (Wildman–Crippen LogP) is 5.98. The summed E-state index contributed by atoms with van der Waals surface area (Å²) in [4.78, 5) is 2.28. The van der Waals surface area contributed by atoms with Gasteiger partial charge in [0.1, 0.15) is 15.0 Å². The summed E-state index contributed by atoms with van der Waals surface area (Å²) in [6.07, 6.45) is -0.216. The van der Waals surface area contributed by atoms with Crippen molar-refractivity contribution in [2.45, 2.75) is 17.6 Å². The van der Waals surface area contributed by atoms with Crippen molar-refractivity contribution in [3.05, 3.63) is 79.4 Å². The summed E-state index contributed by atoms with van der Waals surface area (Å²) < 4.78 is 39.7. The molecule has 3 aromatic rings. The van der Waals surface area contributed by atoms with Crippen LogP contribution in [0.25, 0.3) is 0 Å². The molecule has 1 aliphatic rings. The molecule has 35 heavy (non-hydrogen) atoms. The number of sulfonamides is 1. The molecule has 0 aliphatic carbocycles. The minimum atomic E-state index is -3.69. The lowest BCUT2D eigenvalue weighted by Gasteiger charge is -2.35. The van der Waals surface area contributed by atoms with Gasteiger partial charge in [-0.25, -0.2) is 8.42 Å². The van der Waals surface area contributed by atoms with E-state index in [1.54, 1.807) is 7.11 Å². The standard InChI is InChI=1S/C24H25Cl3N2O4S2/c1-32-20-4-2-3-17(13-20)16-33-21(18-5-7-19(25)8-6-18)15-28-9-11-29(12-10-28)35(30,31)22-14-23(26)34-24(22)27/h2-8,13-14,21H,9-12,15-16H2,1H3. The Balaban J connectivity index is 1.42. The summed E-state index contributed by atoms with van der Waals surface area (Å²) in [5.41, 5.74) is 2.01. The van der Waals surface area contributed by atoms with E-state index in [4.69, 9.17) is 44.3 Å². The molecule has 0 spiro atoms. The number of benzene rings is 2. The Kier molecular flexibility index (Phi) is 8.99. The highest BCUT2D eigenvalue weighted by molar-refractivity contribution is 7.89. The van der Waals surface area contributed by atoms with E-state index in [2.05, 4.69) is 4.90 Å². The van der Waals surface area contributed by atoms with Crippen molar-refractivity contribution in [2.24, 2.45) is 0 Å². The average Bonchev–Trinajstić information content (AvgIpc) is 3.21. The molecule has 1 atom stereocenters. The number of ether oxygens (including phenoxy) is 2. The second-order valence-electron chi connectivity index (χ2n) is 8.10. The van der Waals surface area contributed by atoms with E-state index in [-0.39, 0.29) is 15.3 Å². The second-order valence-corrected chi connectivity index (χ2v) is 12.7. The summed E-state index contributed by atoms with van der Waals surface area (Å²) in [6, 6.07) is 16.8. The van der Waals surface area contributed by atoms with Crippen molar-refractivity contribution >= 4 is 56.2 Å². The Labute approximate surface area is 225 Å². The molecule has 6 nitrogen and oxygen atoms in total. The maximum Gasteiger partial charge on any atom is 0.245 e. The van der Waals surface area contributed by atoms with E-state index >= 15 is 0 Å². The third-order valence-electron chi connectivity index (χ3n) is 5.83. The van der Waals surface area contributed by atoms with Crippen molar-refractivity contribution in [3.63, 3.8) is 0 Å². The first kappa shape index (κ1) is 26.7. The average molecular weight is 576 g/mol. The molecule has 2 heterocycles. The van der Waals surface area contributed by atoms with Crippen LogP contribution in [0.5, 0.6) is 5.75 Å². The highest BCUT2D eigenvalue weighted by Crippen LogP contribution is 2.36. The first-order valence-corrected chi connectivity index (χ1v) is 14.3. The van der Waals surface area contributed by atoms with E-state index in [9.17, 15) is 8.42 Å². The van der Waals surface area contributed by atoms with E-state index in [1.165, 1.54) is 10.4 Å². The molecule has 4 rings (SSSR count). The number of methoxy groups -OCH3 is 1. The zero-order valence-corrected chi connectivity index (χ0v) is 22.9. The molecule has 0 radical (unpaired) electrons. The summed E-state index contributed by atoms with van der Waals surface area (Å²) >= 11 is 19.2. The molecule has 0 bridgehead atoms. The molecule has 0 amide bonds. The Bertz CT molecular complexity index is 1240. The van der Waals surface area contributed by atoms with Crippen LogP contribution >= 0.6 is 46.1 Å². The summed E-state index contributed by atoms with van der Waals surface area (Å²) in [7, 11) is -2.05.